The van der Waals surface area contributed by atoms with Crippen molar-refractivity contribution in [1.29, 1.82) is 0 Å². The molecule has 0 aliphatic carbocycles. The second-order valence-corrected chi connectivity index (χ2v) is 9.02. The average Bonchev–Trinajstić information content (AvgIpc) is 3.07. The predicted molar refractivity (Wildman–Crippen MR) is 111 cm³/mol. The number of aliphatic hydroxyl groups is 1. The summed E-state index contributed by atoms with van der Waals surface area (Å²) in [4.78, 5) is 2.57. The van der Waals surface area contributed by atoms with Gasteiger partial charge in [-0.1, -0.05) is 32.9 Å². The minimum atomic E-state index is -5.04. The van der Waals surface area contributed by atoms with Crippen LogP contribution in [0.4, 0.5) is 30.7 Å². The van der Waals surface area contributed by atoms with E-state index >= 15 is 0 Å². The average molecular weight is 475 g/mol. The first-order chi connectivity index (χ1) is 15.1. The number of hydrogen-bond acceptors (Lipinski definition) is 1. The molecule has 180 valence electrons. The summed E-state index contributed by atoms with van der Waals surface area (Å²) in [5, 5.41) is 11.1. The summed E-state index contributed by atoms with van der Waals surface area (Å²) in [6.45, 7) is 4.79. The molecule has 0 spiro atoms. The Bertz CT molecular complexity index is 1140. The summed E-state index contributed by atoms with van der Waals surface area (Å²) in [7, 11) is 0. The molecule has 0 aliphatic rings. The van der Waals surface area contributed by atoms with E-state index in [2.05, 4.69) is 4.98 Å². The van der Waals surface area contributed by atoms with E-state index in [0.29, 0.717) is 22.9 Å². The number of hydrogen-bond donors (Lipinski definition) is 2. The van der Waals surface area contributed by atoms with Crippen molar-refractivity contribution in [2.75, 3.05) is 0 Å². The molecule has 2 nitrogen and oxygen atoms in total. The van der Waals surface area contributed by atoms with Crippen molar-refractivity contribution in [3.8, 4) is 0 Å². The summed E-state index contributed by atoms with van der Waals surface area (Å²) < 4.78 is 95.0. The van der Waals surface area contributed by atoms with Gasteiger partial charge in [0, 0.05) is 17.6 Å². The predicted octanol–water partition coefficient (Wildman–Crippen LogP) is 7.09. The highest BCUT2D eigenvalue weighted by Crippen LogP contribution is 2.44. The maximum absolute atomic E-state index is 14.1. The molecule has 3 rings (SSSR count). The quantitative estimate of drug-likeness (QED) is 0.367. The molecule has 0 aliphatic heterocycles. The van der Waals surface area contributed by atoms with Crippen LogP contribution in [0.25, 0.3) is 10.9 Å². The first kappa shape index (κ1) is 25.1. The fraction of sp³-hybridized carbons (Fsp3) is 0.417. The van der Waals surface area contributed by atoms with Crippen molar-refractivity contribution < 1.29 is 35.8 Å². The molecule has 1 unspecified atom stereocenters. The number of nitrogens with one attached hydrogen (secondary N) is 1. The number of aromatic nitrogens is 1. The number of benzene rings is 2. The van der Waals surface area contributed by atoms with Crippen LogP contribution in [0, 0.1) is 5.82 Å². The maximum atomic E-state index is 14.1. The second-order valence-electron chi connectivity index (χ2n) is 9.02. The highest BCUT2D eigenvalue weighted by atomic mass is 19.4. The topological polar surface area (TPSA) is 36.0 Å². The Morgan fingerprint density at radius 1 is 0.909 bits per heavy atom. The monoisotopic (exact) mass is 475 g/mol. The fourth-order valence-corrected chi connectivity index (χ4v) is 4.35. The zero-order valence-corrected chi connectivity index (χ0v) is 18.3. The fourth-order valence-electron chi connectivity index (χ4n) is 4.35. The van der Waals surface area contributed by atoms with E-state index in [-0.39, 0.29) is 11.2 Å². The van der Waals surface area contributed by atoms with E-state index < -0.39 is 47.6 Å². The smallest absolute Gasteiger partial charge is 0.380 e. The first-order valence-corrected chi connectivity index (χ1v) is 10.3. The van der Waals surface area contributed by atoms with E-state index in [1.807, 2.05) is 0 Å². The van der Waals surface area contributed by atoms with Crippen LogP contribution in [0.3, 0.4) is 0 Å². The molecule has 0 saturated carbocycles. The van der Waals surface area contributed by atoms with Crippen LogP contribution >= 0.6 is 0 Å². The molecule has 3 aromatic rings. The number of fused-ring (bicyclic) bond motifs is 1. The van der Waals surface area contributed by atoms with Gasteiger partial charge in [-0.2, -0.15) is 26.3 Å². The van der Waals surface area contributed by atoms with E-state index in [9.17, 15) is 35.8 Å². The van der Waals surface area contributed by atoms with Gasteiger partial charge >= 0.3 is 12.4 Å². The summed E-state index contributed by atoms with van der Waals surface area (Å²) in [6.07, 6.45) is -10.8. The molecule has 2 N–H and O–H groups in total. The number of halogens is 7. The van der Waals surface area contributed by atoms with Gasteiger partial charge in [0.05, 0.1) is 5.56 Å². The number of alkyl halides is 6. The third kappa shape index (κ3) is 5.18. The van der Waals surface area contributed by atoms with Crippen LogP contribution < -0.4 is 0 Å². The lowest BCUT2D eigenvalue weighted by Crippen LogP contribution is -2.51. The van der Waals surface area contributed by atoms with Gasteiger partial charge in [0.15, 0.2) is 5.60 Å². The molecule has 0 bridgehead atoms. The van der Waals surface area contributed by atoms with E-state index in [4.69, 9.17) is 0 Å². The van der Waals surface area contributed by atoms with Gasteiger partial charge in [-0.25, -0.2) is 4.39 Å². The Morgan fingerprint density at radius 3 is 2.15 bits per heavy atom. The van der Waals surface area contributed by atoms with Crippen LogP contribution in [-0.4, -0.2) is 21.9 Å². The third-order valence-corrected chi connectivity index (χ3v) is 5.93. The number of H-pyrrole nitrogens is 1. The highest BCUT2D eigenvalue weighted by molar-refractivity contribution is 5.81. The SMILES string of the molecule is CCc1ccc(F)cc1C(C)(C)CC(O)(Cc1cc2ccc(C(F)(F)F)cc2[nH]1)C(F)(F)F. The van der Waals surface area contributed by atoms with Crippen LogP contribution in [0.15, 0.2) is 42.5 Å². The van der Waals surface area contributed by atoms with Gasteiger partial charge in [0.25, 0.3) is 0 Å². The minimum absolute atomic E-state index is 0.0157. The molecule has 1 aromatic heterocycles. The van der Waals surface area contributed by atoms with Gasteiger partial charge < -0.3 is 10.1 Å². The number of aromatic amines is 1. The molecule has 1 atom stereocenters. The molecule has 0 radical (unpaired) electrons. The largest absolute Gasteiger partial charge is 0.417 e. The van der Waals surface area contributed by atoms with Crippen molar-refractivity contribution in [2.24, 2.45) is 0 Å². The van der Waals surface area contributed by atoms with Crippen LogP contribution in [0.1, 0.15) is 49.6 Å². The van der Waals surface area contributed by atoms with Crippen molar-refractivity contribution in [3.63, 3.8) is 0 Å². The van der Waals surface area contributed by atoms with Crippen LogP contribution in [-0.2, 0) is 24.4 Å². The molecule has 2 aromatic carbocycles. The van der Waals surface area contributed by atoms with Gasteiger partial charge in [-0.05, 0) is 65.1 Å². The summed E-state index contributed by atoms with van der Waals surface area (Å²) in [5.74, 6) is -0.595. The molecular weight excluding hydrogens is 451 g/mol. The van der Waals surface area contributed by atoms with Crippen molar-refractivity contribution >= 4 is 10.9 Å². The lowest BCUT2D eigenvalue weighted by Gasteiger charge is -2.38. The minimum Gasteiger partial charge on any atom is -0.380 e. The third-order valence-electron chi connectivity index (χ3n) is 5.93. The summed E-state index contributed by atoms with van der Waals surface area (Å²) >= 11 is 0. The number of aryl methyl sites for hydroxylation is 1. The maximum Gasteiger partial charge on any atom is 0.417 e. The Balaban J connectivity index is 1.99. The standard InChI is InChI=1S/C24H24F7NO/c1-4-14-6-8-17(25)11-19(14)21(2,3)13-22(33,24(29,30)31)12-18-9-15-5-7-16(23(26,27)28)10-20(15)32-18/h5-11,32-33H,4,12-13H2,1-3H3. The van der Waals surface area contributed by atoms with Crippen LogP contribution in [0.5, 0.6) is 0 Å². The molecule has 33 heavy (non-hydrogen) atoms. The van der Waals surface area contributed by atoms with E-state index in [1.54, 1.807) is 6.92 Å². The molecule has 1 heterocycles. The van der Waals surface area contributed by atoms with E-state index in [0.717, 1.165) is 18.2 Å². The Kier molecular flexibility index (Phi) is 6.34. The van der Waals surface area contributed by atoms with Gasteiger partial charge in [0.2, 0.25) is 0 Å². The molecule has 0 fully saturated rings. The Hall–Kier alpha value is -2.55. The molecular formula is C24H24F7NO. The Labute approximate surface area is 186 Å². The van der Waals surface area contributed by atoms with Crippen molar-refractivity contribution in [3.05, 3.63) is 70.7 Å². The Morgan fingerprint density at radius 2 is 1.58 bits per heavy atom. The molecule has 0 amide bonds. The van der Waals surface area contributed by atoms with Gasteiger partial charge in [0.1, 0.15) is 5.82 Å². The first-order valence-electron chi connectivity index (χ1n) is 10.3. The normalized spacial score (nSPS) is 15.1. The zero-order chi connectivity index (χ0) is 24.8. The lowest BCUT2D eigenvalue weighted by molar-refractivity contribution is -0.266. The van der Waals surface area contributed by atoms with Gasteiger partial charge in [-0.15, -0.1) is 0 Å². The van der Waals surface area contributed by atoms with Gasteiger partial charge in [-0.3, -0.25) is 0 Å². The van der Waals surface area contributed by atoms with E-state index in [1.165, 1.54) is 38.1 Å². The van der Waals surface area contributed by atoms with Crippen LogP contribution in [0.2, 0.25) is 0 Å². The second kappa shape index (κ2) is 8.34. The summed E-state index contributed by atoms with van der Waals surface area (Å²) in [5.41, 5.74) is -4.42. The zero-order valence-electron chi connectivity index (χ0n) is 18.3. The molecule has 9 heteroatoms. The molecule has 0 saturated heterocycles. The van der Waals surface area contributed by atoms with Crippen molar-refractivity contribution in [2.45, 2.75) is 63.4 Å². The van der Waals surface area contributed by atoms with Crippen molar-refractivity contribution in [1.82, 2.24) is 4.98 Å². The lowest BCUT2D eigenvalue weighted by atomic mass is 9.72. The highest BCUT2D eigenvalue weighted by Gasteiger charge is 2.56. The number of rotatable bonds is 6. The summed E-state index contributed by atoms with van der Waals surface area (Å²) in [6, 6.07) is 8.03.